The van der Waals surface area contributed by atoms with Crippen molar-refractivity contribution in [2.75, 3.05) is 26.6 Å². The van der Waals surface area contributed by atoms with Gasteiger partial charge >= 0.3 is 0 Å². The molecule has 5 nitrogen and oxygen atoms in total. The van der Waals surface area contributed by atoms with E-state index in [1.54, 1.807) is 18.2 Å². The Morgan fingerprint density at radius 1 is 1.04 bits per heavy atom. The number of carbonyl (C=O) groups excluding carboxylic acids is 1. The van der Waals surface area contributed by atoms with Gasteiger partial charge < -0.3 is 19.5 Å². The number of fused-ring (bicyclic) bond motifs is 1. The summed E-state index contributed by atoms with van der Waals surface area (Å²) in [6.07, 6.45) is 1.69. The number of hydrogen-bond donors (Lipinski definition) is 1. The molecular formula is C19H21NO4. The van der Waals surface area contributed by atoms with Gasteiger partial charge in [0.25, 0.3) is 5.91 Å². The lowest BCUT2D eigenvalue weighted by Gasteiger charge is -2.07. The number of amides is 1. The lowest BCUT2D eigenvalue weighted by atomic mass is 10.2. The van der Waals surface area contributed by atoms with Gasteiger partial charge in [-0.1, -0.05) is 30.3 Å². The van der Waals surface area contributed by atoms with Crippen molar-refractivity contribution in [3.63, 3.8) is 0 Å². The van der Waals surface area contributed by atoms with Gasteiger partial charge in [0.15, 0.2) is 11.5 Å². The molecule has 1 aliphatic heterocycles. The highest BCUT2D eigenvalue weighted by Gasteiger charge is 2.15. The van der Waals surface area contributed by atoms with E-state index in [1.807, 2.05) is 18.2 Å². The van der Waals surface area contributed by atoms with Crippen LogP contribution in [-0.4, -0.2) is 32.5 Å². The zero-order valence-corrected chi connectivity index (χ0v) is 13.5. The fourth-order valence-corrected chi connectivity index (χ4v) is 2.45. The molecule has 24 heavy (non-hydrogen) atoms. The van der Waals surface area contributed by atoms with Crippen molar-refractivity contribution in [3.8, 4) is 11.5 Å². The molecule has 2 aromatic rings. The largest absolute Gasteiger partial charge is 0.454 e. The number of benzene rings is 2. The summed E-state index contributed by atoms with van der Waals surface area (Å²) in [4.78, 5) is 12.1. The average Bonchev–Trinajstić information content (AvgIpc) is 3.09. The molecule has 0 fully saturated rings. The fraction of sp³-hybridized carbons (Fsp3) is 0.316. The Morgan fingerprint density at radius 2 is 1.88 bits per heavy atom. The number of rotatable bonds is 8. The van der Waals surface area contributed by atoms with Crippen LogP contribution in [0.1, 0.15) is 22.3 Å². The van der Waals surface area contributed by atoms with Gasteiger partial charge in [0.1, 0.15) is 0 Å². The van der Waals surface area contributed by atoms with Gasteiger partial charge in [-0.05, 0) is 36.6 Å². The highest BCUT2D eigenvalue weighted by Crippen LogP contribution is 2.32. The lowest BCUT2D eigenvalue weighted by molar-refractivity contribution is 0.0941. The van der Waals surface area contributed by atoms with Gasteiger partial charge in [-0.3, -0.25) is 4.79 Å². The minimum Gasteiger partial charge on any atom is -0.454 e. The molecule has 2 aromatic carbocycles. The highest BCUT2D eigenvalue weighted by molar-refractivity contribution is 5.94. The molecular weight excluding hydrogens is 306 g/mol. The molecule has 5 heteroatoms. The summed E-state index contributed by atoms with van der Waals surface area (Å²) in [6, 6.07) is 15.4. The smallest absolute Gasteiger partial charge is 0.251 e. The summed E-state index contributed by atoms with van der Waals surface area (Å²) in [5.41, 5.74) is 1.85. The summed E-state index contributed by atoms with van der Waals surface area (Å²) < 4.78 is 16.1. The summed E-state index contributed by atoms with van der Waals surface area (Å²) in [7, 11) is 0. The Morgan fingerprint density at radius 3 is 2.75 bits per heavy atom. The van der Waals surface area contributed by atoms with Crippen molar-refractivity contribution in [2.24, 2.45) is 0 Å². The van der Waals surface area contributed by atoms with Crippen LogP contribution in [0, 0.1) is 0 Å². The normalized spacial score (nSPS) is 12.2. The van der Waals surface area contributed by atoms with Crippen LogP contribution >= 0.6 is 0 Å². The predicted molar refractivity (Wildman–Crippen MR) is 90.5 cm³/mol. The van der Waals surface area contributed by atoms with E-state index in [2.05, 4.69) is 17.4 Å². The Balaban J connectivity index is 1.30. The molecule has 1 heterocycles. The monoisotopic (exact) mass is 327 g/mol. The van der Waals surface area contributed by atoms with Crippen LogP contribution in [0.5, 0.6) is 11.5 Å². The molecule has 3 rings (SSSR count). The average molecular weight is 327 g/mol. The van der Waals surface area contributed by atoms with Crippen molar-refractivity contribution >= 4 is 5.91 Å². The molecule has 1 N–H and O–H groups in total. The van der Waals surface area contributed by atoms with Crippen LogP contribution in [0.25, 0.3) is 0 Å². The van der Waals surface area contributed by atoms with E-state index in [0.717, 1.165) is 12.8 Å². The van der Waals surface area contributed by atoms with Crippen LogP contribution in [-0.2, 0) is 11.2 Å². The summed E-state index contributed by atoms with van der Waals surface area (Å²) in [5, 5.41) is 2.88. The van der Waals surface area contributed by atoms with Crippen molar-refractivity contribution < 1.29 is 19.0 Å². The molecule has 1 amide bonds. The first-order valence-corrected chi connectivity index (χ1v) is 8.12. The Hall–Kier alpha value is -2.53. The molecule has 0 unspecified atom stereocenters. The maximum absolute atomic E-state index is 12.1. The molecule has 0 bridgehead atoms. The Kier molecular flexibility index (Phi) is 5.69. The number of nitrogens with one attached hydrogen (secondary N) is 1. The summed E-state index contributed by atoms with van der Waals surface area (Å²) in [5.74, 6) is 1.18. The van der Waals surface area contributed by atoms with Gasteiger partial charge in [0.05, 0.1) is 6.61 Å². The third kappa shape index (κ3) is 4.49. The quantitative estimate of drug-likeness (QED) is 0.758. The lowest BCUT2D eigenvalue weighted by Crippen LogP contribution is -2.25. The highest BCUT2D eigenvalue weighted by atomic mass is 16.7. The number of hydrogen-bond acceptors (Lipinski definition) is 4. The zero-order valence-electron chi connectivity index (χ0n) is 13.5. The number of carbonyl (C=O) groups is 1. The fourth-order valence-electron chi connectivity index (χ4n) is 2.45. The van der Waals surface area contributed by atoms with Crippen molar-refractivity contribution in [2.45, 2.75) is 12.8 Å². The second-order valence-corrected chi connectivity index (χ2v) is 5.53. The second kappa shape index (κ2) is 8.36. The van der Waals surface area contributed by atoms with Gasteiger partial charge in [0, 0.05) is 18.7 Å². The van der Waals surface area contributed by atoms with E-state index < -0.39 is 0 Å². The van der Waals surface area contributed by atoms with E-state index in [0.29, 0.717) is 36.8 Å². The van der Waals surface area contributed by atoms with Crippen molar-refractivity contribution in [1.82, 2.24) is 5.32 Å². The standard InChI is InChI=1S/C19H21NO4/c21-19(16-7-8-17-18(13-16)24-14-23-17)20-10-4-11-22-12-9-15-5-2-1-3-6-15/h1-3,5-8,13H,4,9-12,14H2,(H,20,21). The van der Waals surface area contributed by atoms with Gasteiger partial charge in [0.2, 0.25) is 6.79 Å². The Bertz CT molecular complexity index is 672. The zero-order chi connectivity index (χ0) is 16.6. The van der Waals surface area contributed by atoms with Crippen LogP contribution in [0.4, 0.5) is 0 Å². The van der Waals surface area contributed by atoms with E-state index in [-0.39, 0.29) is 12.7 Å². The van der Waals surface area contributed by atoms with Crippen LogP contribution in [0.2, 0.25) is 0 Å². The van der Waals surface area contributed by atoms with Crippen LogP contribution < -0.4 is 14.8 Å². The minimum absolute atomic E-state index is 0.113. The maximum atomic E-state index is 12.1. The van der Waals surface area contributed by atoms with E-state index in [1.165, 1.54) is 5.56 Å². The molecule has 1 aliphatic rings. The molecule has 0 radical (unpaired) electrons. The predicted octanol–water partition coefficient (Wildman–Crippen LogP) is 2.79. The molecule has 0 aliphatic carbocycles. The van der Waals surface area contributed by atoms with Gasteiger partial charge in [-0.15, -0.1) is 0 Å². The van der Waals surface area contributed by atoms with E-state index in [9.17, 15) is 4.79 Å². The third-order valence-corrected chi connectivity index (χ3v) is 3.76. The summed E-state index contributed by atoms with van der Waals surface area (Å²) >= 11 is 0. The molecule has 0 atom stereocenters. The second-order valence-electron chi connectivity index (χ2n) is 5.53. The van der Waals surface area contributed by atoms with Crippen molar-refractivity contribution in [3.05, 3.63) is 59.7 Å². The first kappa shape index (κ1) is 16.3. The molecule has 0 saturated heterocycles. The Labute approximate surface area is 141 Å². The first-order valence-electron chi connectivity index (χ1n) is 8.12. The molecule has 0 spiro atoms. The van der Waals surface area contributed by atoms with Crippen LogP contribution in [0.3, 0.4) is 0 Å². The minimum atomic E-state index is -0.113. The van der Waals surface area contributed by atoms with E-state index >= 15 is 0 Å². The number of ether oxygens (including phenoxy) is 3. The summed E-state index contributed by atoms with van der Waals surface area (Å²) in [6.45, 7) is 2.12. The molecule has 126 valence electrons. The SMILES string of the molecule is O=C(NCCCOCCc1ccccc1)c1ccc2c(c1)OCO2. The first-order chi connectivity index (χ1) is 11.8. The van der Waals surface area contributed by atoms with Gasteiger partial charge in [-0.2, -0.15) is 0 Å². The van der Waals surface area contributed by atoms with Crippen LogP contribution in [0.15, 0.2) is 48.5 Å². The molecule has 0 saturated carbocycles. The van der Waals surface area contributed by atoms with E-state index in [4.69, 9.17) is 14.2 Å². The molecule has 0 aromatic heterocycles. The maximum Gasteiger partial charge on any atom is 0.251 e. The van der Waals surface area contributed by atoms with Gasteiger partial charge in [-0.25, -0.2) is 0 Å². The third-order valence-electron chi connectivity index (χ3n) is 3.76. The topological polar surface area (TPSA) is 56.8 Å². The van der Waals surface area contributed by atoms with Crippen molar-refractivity contribution in [1.29, 1.82) is 0 Å².